The van der Waals surface area contributed by atoms with E-state index in [0.717, 1.165) is 6.07 Å². The highest BCUT2D eigenvalue weighted by molar-refractivity contribution is 5.68. The number of rotatable bonds is 4. The minimum absolute atomic E-state index is 0.0299. The number of halogens is 4. The van der Waals surface area contributed by atoms with Crippen LogP contribution in [0.1, 0.15) is 13.3 Å². The van der Waals surface area contributed by atoms with E-state index in [2.05, 4.69) is 5.32 Å². The molecule has 3 N–H and O–H groups in total. The van der Waals surface area contributed by atoms with E-state index in [1.54, 1.807) is 0 Å². The van der Waals surface area contributed by atoms with E-state index in [9.17, 15) is 17.6 Å². The molecule has 7 heteroatoms. The maximum absolute atomic E-state index is 13.2. The number of anilines is 2. The van der Waals surface area contributed by atoms with Crippen LogP contribution in [-0.4, -0.2) is 19.3 Å². The van der Waals surface area contributed by atoms with Gasteiger partial charge in [-0.2, -0.15) is 13.2 Å². The van der Waals surface area contributed by atoms with Crippen LogP contribution in [-0.2, 0) is 0 Å². The van der Waals surface area contributed by atoms with Gasteiger partial charge in [-0.05, 0) is 6.92 Å². The minimum atomic E-state index is -4.27. The first-order valence-electron chi connectivity index (χ1n) is 5.19. The quantitative estimate of drug-likeness (QED) is 0.650. The summed E-state index contributed by atoms with van der Waals surface area (Å²) in [4.78, 5) is 0. The summed E-state index contributed by atoms with van der Waals surface area (Å²) in [7, 11) is 1.26. The largest absolute Gasteiger partial charge is 0.494 e. The van der Waals surface area contributed by atoms with Gasteiger partial charge in [0.15, 0.2) is 11.6 Å². The SMILES string of the molecule is COc1cc(NC(C)CC(F)(F)F)c(N)cc1F. The molecule has 0 saturated carbocycles. The lowest BCUT2D eigenvalue weighted by Gasteiger charge is -2.19. The predicted molar refractivity (Wildman–Crippen MR) is 61.1 cm³/mol. The molecule has 0 fully saturated rings. The smallest absolute Gasteiger partial charge is 0.391 e. The van der Waals surface area contributed by atoms with Crippen LogP contribution >= 0.6 is 0 Å². The van der Waals surface area contributed by atoms with Crippen LogP contribution in [0.3, 0.4) is 0 Å². The van der Waals surface area contributed by atoms with Crippen LogP contribution in [0.2, 0.25) is 0 Å². The van der Waals surface area contributed by atoms with Gasteiger partial charge >= 0.3 is 6.18 Å². The Morgan fingerprint density at radius 3 is 2.50 bits per heavy atom. The van der Waals surface area contributed by atoms with Crippen LogP contribution in [0.25, 0.3) is 0 Å². The molecular weight excluding hydrogens is 252 g/mol. The Balaban J connectivity index is 2.84. The van der Waals surface area contributed by atoms with Crippen molar-refractivity contribution in [1.29, 1.82) is 0 Å². The second-order valence-electron chi connectivity index (χ2n) is 3.94. The standard InChI is InChI=1S/C11H14F4N2O/c1-6(5-11(13,14)15)17-9-4-10(18-2)7(12)3-8(9)16/h3-4,6,17H,5,16H2,1-2H3. The van der Waals surface area contributed by atoms with Gasteiger partial charge in [0.25, 0.3) is 0 Å². The van der Waals surface area contributed by atoms with E-state index in [0.29, 0.717) is 0 Å². The third-order valence-electron chi connectivity index (χ3n) is 2.26. The number of alkyl halides is 3. The first-order valence-corrected chi connectivity index (χ1v) is 5.19. The molecule has 18 heavy (non-hydrogen) atoms. The van der Waals surface area contributed by atoms with Crippen molar-refractivity contribution in [3.8, 4) is 5.75 Å². The van der Waals surface area contributed by atoms with Gasteiger partial charge in [0, 0.05) is 18.2 Å². The summed E-state index contributed by atoms with van der Waals surface area (Å²) in [5, 5.41) is 2.58. The topological polar surface area (TPSA) is 47.3 Å². The highest BCUT2D eigenvalue weighted by Crippen LogP contribution is 2.30. The first kappa shape index (κ1) is 14.4. The van der Waals surface area contributed by atoms with E-state index in [4.69, 9.17) is 10.5 Å². The number of benzene rings is 1. The maximum atomic E-state index is 13.2. The van der Waals surface area contributed by atoms with Gasteiger partial charge in [-0.25, -0.2) is 4.39 Å². The molecule has 3 nitrogen and oxygen atoms in total. The van der Waals surface area contributed by atoms with Crippen LogP contribution in [0.4, 0.5) is 28.9 Å². The van der Waals surface area contributed by atoms with E-state index < -0.39 is 24.5 Å². The molecule has 0 aliphatic rings. The summed E-state index contributed by atoms with van der Waals surface area (Å²) >= 11 is 0. The molecule has 0 amide bonds. The van der Waals surface area contributed by atoms with E-state index in [1.807, 2.05) is 0 Å². The zero-order valence-electron chi connectivity index (χ0n) is 9.94. The molecule has 0 saturated heterocycles. The Morgan fingerprint density at radius 2 is 2.00 bits per heavy atom. The highest BCUT2D eigenvalue weighted by atomic mass is 19.4. The summed E-state index contributed by atoms with van der Waals surface area (Å²) in [5.41, 5.74) is 5.76. The number of ether oxygens (including phenoxy) is 1. The van der Waals surface area contributed by atoms with Crippen molar-refractivity contribution in [1.82, 2.24) is 0 Å². The summed E-state index contributed by atoms with van der Waals surface area (Å²) in [6, 6.07) is 1.36. The van der Waals surface area contributed by atoms with Gasteiger partial charge in [-0.3, -0.25) is 0 Å². The average molecular weight is 266 g/mol. The van der Waals surface area contributed by atoms with Gasteiger partial charge in [0.1, 0.15) is 0 Å². The van der Waals surface area contributed by atoms with E-state index >= 15 is 0 Å². The van der Waals surface area contributed by atoms with E-state index in [1.165, 1.54) is 20.1 Å². The fraction of sp³-hybridized carbons (Fsp3) is 0.455. The summed E-state index contributed by atoms with van der Waals surface area (Å²) in [6.07, 6.45) is -5.28. The van der Waals surface area contributed by atoms with Gasteiger partial charge in [0.2, 0.25) is 0 Å². The number of hydrogen-bond acceptors (Lipinski definition) is 3. The predicted octanol–water partition coefficient (Wildman–Crippen LogP) is 3.17. The molecule has 1 rings (SSSR count). The third-order valence-corrected chi connectivity index (χ3v) is 2.26. The summed E-state index contributed by atoms with van der Waals surface area (Å²) in [6.45, 7) is 1.36. The van der Waals surface area contributed by atoms with Crippen molar-refractivity contribution in [3.63, 3.8) is 0 Å². The fourth-order valence-electron chi connectivity index (χ4n) is 1.51. The highest BCUT2D eigenvalue weighted by Gasteiger charge is 2.30. The van der Waals surface area contributed by atoms with Gasteiger partial charge in [-0.1, -0.05) is 0 Å². The summed E-state index contributed by atoms with van der Waals surface area (Å²) < 4.78 is 54.4. The zero-order valence-corrected chi connectivity index (χ0v) is 9.94. The van der Waals surface area contributed by atoms with Crippen LogP contribution in [0, 0.1) is 5.82 Å². The molecule has 0 aliphatic heterocycles. The Bertz CT molecular complexity index is 420. The minimum Gasteiger partial charge on any atom is -0.494 e. The third kappa shape index (κ3) is 3.97. The zero-order chi connectivity index (χ0) is 13.9. The first-order chi connectivity index (χ1) is 8.23. The number of methoxy groups -OCH3 is 1. The Hall–Kier alpha value is -1.66. The Kier molecular flexibility index (Phi) is 4.26. The van der Waals surface area contributed by atoms with Crippen LogP contribution < -0.4 is 15.8 Å². The Labute approximate surface area is 102 Å². The van der Waals surface area contributed by atoms with Crippen molar-refractivity contribution in [2.24, 2.45) is 0 Å². The van der Waals surface area contributed by atoms with Crippen molar-refractivity contribution in [2.45, 2.75) is 25.6 Å². The lowest BCUT2D eigenvalue weighted by atomic mass is 10.2. The second kappa shape index (κ2) is 5.32. The molecular formula is C11H14F4N2O. The van der Waals surface area contributed by atoms with Crippen molar-refractivity contribution < 1.29 is 22.3 Å². The molecule has 102 valence electrons. The molecule has 1 atom stereocenters. The second-order valence-corrected chi connectivity index (χ2v) is 3.94. The lowest BCUT2D eigenvalue weighted by molar-refractivity contribution is -0.136. The molecule has 0 bridgehead atoms. The number of nitrogens with one attached hydrogen (secondary N) is 1. The Morgan fingerprint density at radius 1 is 1.39 bits per heavy atom. The average Bonchev–Trinajstić information content (AvgIpc) is 2.19. The monoisotopic (exact) mass is 266 g/mol. The van der Waals surface area contributed by atoms with Gasteiger partial charge in [-0.15, -0.1) is 0 Å². The normalized spacial score (nSPS) is 13.2. The molecule has 1 aromatic rings. The maximum Gasteiger partial charge on any atom is 0.391 e. The van der Waals surface area contributed by atoms with Gasteiger partial charge < -0.3 is 15.8 Å². The van der Waals surface area contributed by atoms with Crippen LogP contribution in [0.5, 0.6) is 5.75 Å². The number of nitrogens with two attached hydrogens (primary N) is 1. The van der Waals surface area contributed by atoms with Gasteiger partial charge in [0.05, 0.1) is 24.9 Å². The van der Waals surface area contributed by atoms with E-state index in [-0.39, 0.29) is 17.1 Å². The fourth-order valence-corrected chi connectivity index (χ4v) is 1.51. The molecule has 1 unspecified atom stereocenters. The molecule has 0 radical (unpaired) electrons. The molecule has 0 aromatic heterocycles. The van der Waals surface area contributed by atoms with Crippen LogP contribution in [0.15, 0.2) is 12.1 Å². The molecule has 0 spiro atoms. The molecule has 0 aliphatic carbocycles. The molecule has 1 aromatic carbocycles. The summed E-state index contributed by atoms with van der Waals surface area (Å²) in [5.74, 6) is -0.741. The van der Waals surface area contributed by atoms with Crippen molar-refractivity contribution in [2.75, 3.05) is 18.2 Å². The van der Waals surface area contributed by atoms with Crippen molar-refractivity contribution in [3.05, 3.63) is 17.9 Å². The number of hydrogen-bond donors (Lipinski definition) is 2. The lowest BCUT2D eigenvalue weighted by Crippen LogP contribution is -2.24. The number of nitrogen functional groups attached to an aromatic ring is 1. The molecule has 0 heterocycles. The van der Waals surface area contributed by atoms with Crippen molar-refractivity contribution >= 4 is 11.4 Å².